The van der Waals surface area contributed by atoms with Crippen LogP contribution >= 0.6 is 12.2 Å². The van der Waals surface area contributed by atoms with E-state index in [0.717, 1.165) is 30.0 Å². The second-order valence-corrected chi connectivity index (χ2v) is 6.42. The molecule has 3 rings (SSSR count). The number of carbonyl (C=O) groups excluding carboxylic acids is 1. The fourth-order valence-corrected chi connectivity index (χ4v) is 3.29. The first-order valence-corrected chi connectivity index (χ1v) is 8.67. The van der Waals surface area contributed by atoms with Crippen LogP contribution in [0.3, 0.4) is 0 Å². The van der Waals surface area contributed by atoms with Gasteiger partial charge in [-0.1, -0.05) is 12.8 Å². The number of aromatic amines is 1. The molecule has 1 saturated carbocycles. The standard InChI is InChI=1S/C17H22N4O2S/c1-23-14-8-6-12(7-9-14)16-19-20-17(24)21(16)11-10-15(22)18-13-4-2-3-5-13/h6-9,13H,2-5,10-11H2,1H3,(H,18,22)(H,20,24). The lowest BCUT2D eigenvalue weighted by molar-refractivity contribution is -0.121. The summed E-state index contributed by atoms with van der Waals surface area (Å²) in [5, 5.41) is 10.2. The Kier molecular flexibility index (Phi) is 5.30. The first-order valence-electron chi connectivity index (χ1n) is 8.26. The third-order valence-corrected chi connectivity index (χ3v) is 4.70. The Hall–Kier alpha value is -2.15. The lowest BCUT2D eigenvalue weighted by Crippen LogP contribution is -2.33. The van der Waals surface area contributed by atoms with Gasteiger partial charge in [0.25, 0.3) is 0 Å². The Labute approximate surface area is 146 Å². The fourth-order valence-electron chi connectivity index (χ4n) is 3.07. The molecule has 2 aromatic rings. The minimum Gasteiger partial charge on any atom is -0.497 e. The minimum atomic E-state index is 0.0747. The summed E-state index contributed by atoms with van der Waals surface area (Å²) in [7, 11) is 1.63. The summed E-state index contributed by atoms with van der Waals surface area (Å²) in [6.45, 7) is 0.509. The molecule has 0 saturated heterocycles. The van der Waals surface area contributed by atoms with Gasteiger partial charge in [-0.05, 0) is 49.3 Å². The maximum Gasteiger partial charge on any atom is 0.222 e. The van der Waals surface area contributed by atoms with Crippen LogP contribution in [0, 0.1) is 4.77 Å². The van der Waals surface area contributed by atoms with Gasteiger partial charge in [0, 0.05) is 24.6 Å². The van der Waals surface area contributed by atoms with Crippen LogP contribution in [0.2, 0.25) is 0 Å². The van der Waals surface area contributed by atoms with E-state index in [0.29, 0.717) is 23.8 Å². The van der Waals surface area contributed by atoms with Crippen molar-refractivity contribution in [2.45, 2.75) is 44.7 Å². The number of amides is 1. The molecule has 128 valence electrons. The number of benzene rings is 1. The molecule has 1 aliphatic carbocycles. The normalized spacial score (nSPS) is 14.7. The van der Waals surface area contributed by atoms with E-state index in [1.165, 1.54) is 12.8 Å². The Morgan fingerprint density at radius 2 is 2.08 bits per heavy atom. The first-order chi connectivity index (χ1) is 11.7. The van der Waals surface area contributed by atoms with Crippen LogP contribution in [-0.2, 0) is 11.3 Å². The number of nitrogens with one attached hydrogen (secondary N) is 2. The number of methoxy groups -OCH3 is 1. The van der Waals surface area contributed by atoms with Crippen molar-refractivity contribution in [3.05, 3.63) is 29.0 Å². The van der Waals surface area contributed by atoms with Gasteiger partial charge in [-0.25, -0.2) is 0 Å². The van der Waals surface area contributed by atoms with Gasteiger partial charge in [0.2, 0.25) is 5.91 Å². The molecular weight excluding hydrogens is 324 g/mol. The van der Waals surface area contributed by atoms with Gasteiger partial charge in [-0.3, -0.25) is 14.5 Å². The molecule has 1 amide bonds. The molecule has 1 fully saturated rings. The molecular formula is C17H22N4O2S. The van der Waals surface area contributed by atoms with E-state index < -0.39 is 0 Å². The SMILES string of the molecule is COc1ccc(-c2n[nH]c(=S)n2CCC(=O)NC2CCCC2)cc1. The second kappa shape index (κ2) is 7.61. The van der Waals surface area contributed by atoms with Crippen molar-refractivity contribution in [3.8, 4) is 17.1 Å². The first kappa shape index (κ1) is 16.7. The molecule has 1 aromatic carbocycles. The van der Waals surface area contributed by atoms with Gasteiger partial charge >= 0.3 is 0 Å². The van der Waals surface area contributed by atoms with Crippen LogP contribution in [0.1, 0.15) is 32.1 Å². The van der Waals surface area contributed by atoms with E-state index in [1.807, 2.05) is 28.8 Å². The number of ether oxygens (including phenoxy) is 1. The number of aromatic nitrogens is 3. The number of rotatable bonds is 6. The summed E-state index contributed by atoms with van der Waals surface area (Å²) in [5.41, 5.74) is 0.930. The van der Waals surface area contributed by atoms with E-state index in [1.54, 1.807) is 7.11 Å². The number of hydrogen-bond acceptors (Lipinski definition) is 4. The summed E-state index contributed by atoms with van der Waals surface area (Å²) in [6, 6.07) is 7.96. The summed E-state index contributed by atoms with van der Waals surface area (Å²) in [6.07, 6.45) is 4.99. The number of carbonyl (C=O) groups is 1. The molecule has 7 heteroatoms. The maximum absolute atomic E-state index is 12.1. The Morgan fingerprint density at radius 1 is 1.38 bits per heavy atom. The summed E-state index contributed by atoms with van der Waals surface area (Å²) < 4.78 is 7.56. The lowest BCUT2D eigenvalue weighted by Gasteiger charge is -2.12. The molecule has 1 aliphatic rings. The zero-order valence-electron chi connectivity index (χ0n) is 13.7. The van der Waals surface area contributed by atoms with Gasteiger partial charge in [0.05, 0.1) is 7.11 Å². The number of H-pyrrole nitrogens is 1. The Balaban J connectivity index is 1.68. The van der Waals surface area contributed by atoms with Crippen LogP contribution in [-0.4, -0.2) is 33.8 Å². The molecule has 1 aromatic heterocycles. The highest BCUT2D eigenvalue weighted by molar-refractivity contribution is 7.71. The van der Waals surface area contributed by atoms with Gasteiger partial charge in [0.15, 0.2) is 10.6 Å². The lowest BCUT2D eigenvalue weighted by atomic mass is 10.2. The molecule has 0 unspecified atom stereocenters. The van der Waals surface area contributed by atoms with Gasteiger partial charge in [0.1, 0.15) is 5.75 Å². The van der Waals surface area contributed by atoms with Crippen LogP contribution in [0.25, 0.3) is 11.4 Å². The van der Waals surface area contributed by atoms with Crippen molar-refractivity contribution in [1.82, 2.24) is 20.1 Å². The van der Waals surface area contributed by atoms with Gasteiger partial charge in [-0.2, -0.15) is 5.10 Å². The molecule has 2 N–H and O–H groups in total. The van der Waals surface area contributed by atoms with E-state index in [4.69, 9.17) is 17.0 Å². The molecule has 0 atom stereocenters. The average Bonchev–Trinajstić information content (AvgIpc) is 3.23. The van der Waals surface area contributed by atoms with Crippen LogP contribution in [0.4, 0.5) is 0 Å². The van der Waals surface area contributed by atoms with Crippen molar-refractivity contribution >= 4 is 18.1 Å². The number of hydrogen-bond donors (Lipinski definition) is 2. The van der Waals surface area contributed by atoms with Crippen molar-refractivity contribution in [2.75, 3.05) is 7.11 Å². The molecule has 24 heavy (non-hydrogen) atoms. The third-order valence-electron chi connectivity index (χ3n) is 4.39. The quantitative estimate of drug-likeness (QED) is 0.789. The molecule has 0 aliphatic heterocycles. The van der Waals surface area contributed by atoms with E-state index in [9.17, 15) is 4.79 Å². The predicted molar refractivity (Wildman–Crippen MR) is 94.4 cm³/mol. The highest BCUT2D eigenvalue weighted by Crippen LogP contribution is 2.21. The largest absolute Gasteiger partial charge is 0.497 e. The van der Waals surface area contributed by atoms with E-state index in [2.05, 4.69) is 15.5 Å². The Morgan fingerprint density at radius 3 is 2.75 bits per heavy atom. The summed E-state index contributed by atoms with van der Waals surface area (Å²) >= 11 is 5.31. The zero-order chi connectivity index (χ0) is 16.9. The van der Waals surface area contributed by atoms with Crippen LogP contribution in [0.5, 0.6) is 5.75 Å². The monoisotopic (exact) mass is 346 g/mol. The van der Waals surface area contributed by atoms with Gasteiger partial charge in [-0.15, -0.1) is 0 Å². The van der Waals surface area contributed by atoms with E-state index in [-0.39, 0.29) is 5.91 Å². The van der Waals surface area contributed by atoms with Crippen molar-refractivity contribution in [2.24, 2.45) is 0 Å². The van der Waals surface area contributed by atoms with Gasteiger partial charge < -0.3 is 10.1 Å². The molecule has 6 nitrogen and oxygen atoms in total. The van der Waals surface area contributed by atoms with Crippen LogP contribution in [0.15, 0.2) is 24.3 Å². The molecule has 0 spiro atoms. The second-order valence-electron chi connectivity index (χ2n) is 6.03. The van der Waals surface area contributed by atoms with Crippen molar-refractivity contribution in [1.29, 1.82) is 0 Å². The van der Waals surface area contributed by atoms with E-state index >= 15 is 0 Å². The van der Waals surface area contributed by atoms with Crippen LogP contribution < -0.4 is 10.1 Å². The topological polar surface area (TPSA) is 71.9 Å². The Bertz CT molecular complexity index is 745. The zero-order valence-corrected chi connectivity index (χ0v) is 14.6. The fraction of sp³-hybridized carbons (Fsp3) is 0.471. The molecule has 0 bridgehead atoms. The summed E-state index contributed by atoms with van der Waals surface area (Å²) in [5.74, 6) is 1.59. The maximum atomic E-state index is 12.1. The number of nitrogens with zero attached hydrogens (tertiary/aromatic N) is 2. The third kappa shape index (κ3) is 3.84. The van der Waals surface area contributed by atoms with Crippen molar-refractivity contribution in [3.63, 3.8) is 0 Å². The summed E-state index contributed by atoms with van der Waals surface area (Å²) in [4.78, 5) is 12.1. The highest BCUT2D eigenvalue weighted by atomic mass is 32.1. The average molecular weight is 346 g/mol. The smallest absolute Gasteiger partial charge is 0.222 e. The molecule has 0 radical (unpaired) electrons. The minimum absolute atomic E-state index is 0.0747. The van der Waals surface area contributed by atoms with Crippen molar-refractivity contribution < 1.29 is 9.53 Å². The molecule has 1 heterocycles. The predicted octanol–water partition coefficient (Wildman–Crippen LogP) is 3.07. The highest BCUT2D eigenvalue weighted by Gasteiger charge is 2.17.